The molecule has 3 nitrogen and oxygen atoms in total. The summed E-state index contributed by atoms with van der Waals surface area (Å²) in [6.45, 7) is 0. The number of hydrogen-bond acceptors (Lipinski definition) is 2. The molecule has 1 aromatic rings. The number of nitrogens with zero attached hydrogens (tertiary/aromatic N) is 2. The molecule has 1 unspecified atom stereocenters. The lowest BCUT2D eigenvalue weighted by molar-refractivity contribution is 0.390. The van der Waals surface area contributed by atoms with E-state index in [-0.39, 0.29) is 0 Å². The summed E-state index contributed by atoms with van der Waals surface area (Å²) in [5.74, 6) is 0.809. The lowest BCUT2D eigenvalue weighted by Crippen LogP contribution is -2.23. The zero-order valence-electron chi connectivity index (χ0n) is 9.03. The molecule has 1 aliphatic carbocycles. The van der Waals surface area contributed by atoms with Gasteiger partial charge in [0.15, 0.2) is 0 Å². The van der Waals surface area contributed by atoms with E-state index >= 15 is 0 Å². The zero-order valence-corrected chi connectivity index (χ0v) is 9.03. The van der Waals surface area contributed by atoms with Crippen molar-refractivity contribution in [1.29, 1.82) is 0 Å². The van der Waals surface area contributed by atoms with Crippen LogP contribution in [0, 0.1) is 5.92 Å². The van der Waals surface area contributed by atoms with E-state index in [0.717, 1.165) is 5.92 Å². The maximum Gasteiger partial charge on any atom is 0.0537 e. The molecule has 1 aromatic heterocycles. The van der Waals surface area contributed by atoms with Gasteiger partial charge in [-0.2, -0.15) is 5.10 Å². The van der Waals surface area contributed by atoms with Crippen LogP contribution in [0.4, 0.5) is 0 Å². The van der Waals surface area contributed by atoms with Crippen molar-refractivity contribution in [3.8, 4) is 0 Å². The molecular formula is C11H19N3. The summed E-state index contributed by atoms with van der Waals surface area (Å²) in [4.78, 5) is 0. The van der Waals surface area contributed by atoms with Gasteiger partial charge in [-0.25, -0.2) is 0 Å². The van der Waals surface area contributed by atoms with Crippen molar-refractivity contribution in [3.05, 3.63) is 18.0 Å². The van der Waals surface area contributed by atoms with E-state index < -0.39 is 0 Å². The molecule has 0 aliphatic heterocycles. The first-order chi connectivity index (χ1) is 6.81. The average Bonchev–Trinajstić information content (AvgIpc) is 2.79. The summed E-state index contributed by atoms with van der Waals surface area (Å²) < 4.78 is 1.88. The Hall–Kier alpha value is -0.830. The minimum atomic E-state index is 0.506. The van der Waals surface area contributed by atoms with Crippen LogP contribution < -0.4 is 5.32 Å². The summed E-state index contributed by atoms with van der Waals surface area (Å²) >= 11 is 0. The van der Waals surface area contributed by atoms with Gasteiger partial charge in [-0.1, -0.05) is 12.8 Å². The number of rotatable bonds is 3. The smallest absolute Gasteiger partial charge is 0.0537 e. The molecule has 0 bridgehead atoms. The molecule has 1 N–H and O–H groups in total. The fourth-order valence-corrected chi connectivity index (χ4v) is 2.57. The van der Waals surface area contributed by atoms with E-state index in [2.05, 4.69) is 23.7 Å². The summed E-state index contributed by atoms with van der Waals surface area (Å²) in [7, 11) is 4.03. The first-order valence-corrected chi connectivity index (χ1v) is 5.47. The van der Waals surface area contributed by atoms with Gasteiger partial charge in [-0.05, 0) is 25.8 Å². The van der Waals surface area contributed by atoms with Crippen molar-refractivity contribution in [3.63, 3.8) is 0 Å². The highest BCUT2D eigenvalue weighted by atomic mass is 15.2. The van der Waals surface area contributed by atoms with Gasteiger partial charge in [0.25, 0.3) is 0 Å². The Labute approximate surface area is 85.5 Å². The first-order valence-electron chi connectivity index (χ1n) is 5.47. The normalized spacial score (nSPS) is 20.1. The third-order valence-electron chi connectivity index (χ3n) is 3.27. The molecule has 0 aromatic carbocycles. The van der Waals surface area contributed by atoms with Crippen molar-refractivity contribution >= 4 is 0 Å². The molecule has 0 saturated heterocycles. The van der Waals surface area contributed by atoms with E-state index in [9.17, 15) is 0 Å². The molecule has 1 atom stereocenters. The van der Waals surface area contributed by atoms with Crippen LogP contribution in [0.15, 0.2) is 12.4 Å². The molecule has 0 amide bonds. The number of nitrogens with one attached hydrogen (secondary N) is 1. The van der Waals surface area contributed by atoms with E-state index in [1.54, 1.807) is 0 Å². The van der Waals surface area contributed by atoms with Gasteiger partial charge in [0.05, 0.1) is 6.20 Å². The minimum Gasteiger partial charge on any atom is -0.313 e. The second-order valence-corrected chi connectivity index (χ2v) is 4.26. The predicted octanol–water partition coefficient (Wildman–Crippen LogP) is 1.87. The van der Waals surface area contributed by atoms with Crippen LogP contribution in [0.2, 0.25) is 0 Å². The minimum absolute atomic E-state index is 0.506. The van der Waals surface area contributed by atoms with Gasteiger partial charge in [0.1, 0.15) is 0 Å². The first kappa shape index (κ1) is 9.71. The Bertz CT molecular complexity index is 286. The molecule has 3 heteroatoms. The lowest BCUT2D eigenvalue weighted by Gasteiger charge is -2.21. The molecular weight excluding hydrogens is 174 g/mol. The largest absolute Gasteiger partial charge is 0.313 e. The van der Waals surface area contributed by atoms with Crippen molar-refractivity contribution < 1.29 is 0 Å². The van der Waals surface area contributed by atoms with Gasteiger partial charge in [0, 0.05) is 24.8 Å². The van der Waals surface area contributed by atoms with Crippen LogP contribution in [0.1, 0.15) is 37.3 Å². The number of aryl methyl sites for hydroxylation is 1. The van der Waals surface area contributed by atoms with Crippen LogP contribution in [-0.4, -0.2) is 16.8 Å². The molecule has 1 saturated carbocycles. The van der Waals surface area contributed by atoms with Gasteiger partial charge < -0.3 is 5.32 Å². The summed E-state index contributed by atoms with van der Waals surface area (Å²) in [5.41, 5.74) is 1.34. The Balaban J connectivity index is 2.12. The van der Waals surface area contributed by atoms with Crippen molar-refractivity contribution in [2.45, 2.75) is 31.7 Å². The molecule has 1 heterocycles. The maximum atomic E-state index is 4.23. The molecule has 0 spiro atoms. The molecule has 14 heavy (non-hydrogen) atoms. The van der Waals surface area contributed by atoms with Crippen LogP contribution in [0.3, 0.4) is 0 Å². The molecule has 1 fully saturated rings. The number of aromatic nitrogens is 2. The second kappa shape index (κ2) is 4.13. The maximum absolute atomic E-state index is 4.23. The highest BCUT2D eigenvalue weighted by Gasteiger charge is 2.25. The van der Waals surface area contributed by atoms with Crippen molar-refractivity contribution in [2.24, 2.45) is 13.0 Å². The summed E-state index contributed by atoms with van der Waals surface area (Å²) in [5, 5.41) is 7.65. The van der Waals surface area contributed by atoms with Crippen LogP contribution in [-0.2, 0) is 7.05 Å². The highest BCUT2D eigenvalue weighted by molar-refractivity contribution is 5.12. The van der Waals surface area contributed by atoms with E-state index in [4.69, 9.17) is 0 Å². The monoisotopic (exact) mass is 193 g/mol. The van der Waals surface area contributed by atoms with E-state index in [1.807, 2.05) is 17.9 Å². The van der Waals surface area contributed by atoms with Crippen molar-refractivity contribution in [2.75, 3.05) is 7.05 Å². The van der Waals surface area contributed by atoms with E-state index in [1.165, 1.54) is 31.2 Å². The third kappa shape index (κ3) is 1.82. The summed E-state index contributed by atoms with van der Waals surface area (Å²) in [6, 6.07) is 0.506. The Morgan fingerprint density at radius 1 is 1.50 bits per heavy atom. The van der Waals surface area contributed by atoms with Gasteiger partial charge >= 0.3 is 0 Å². The van der Waals surface area contributed by atoms with Crippen molar-refractivity contribution in [1.82, 2.24) is 15.1 Å². The molecule has 1 aliphatic rings. The van der Waals surface area contributed by atoms with E-state index in [0.29, 0.717) is 6.04 Å². The molecule has 78 valence electrons. The number of hydrogen-bond donors (Lipinski definition) is 1. The standard InChI is InChI=1S/C11H19N3/c1-12-11(9-5-3-4-6-9)10-7-13-14(2)8-10/h7-9,11-12H,3-6H2,1-2H3. The fourth-order valence-electron chi connectivity index (χ4n) is 2.57. The van der Waals surface area contributed by atoms with Gasteiger partial charge in [-0.3, -0.25) is 4.68 Å². The zero-order chi connectivity index (χ0) is 9.97. The molecule has 2 rings (SSSR count). The predicted molar refractivity (Wildman–Crippen MR) is 57.0 cm³/mol. The third-order valence-corrected chi connectivity index (χ3v) is 3.27. The van der Waals surface area contributed by atoms with Crippen LogP contribution in [0.5, 0.6) is 0 Å². The highest BCUT2D eigenvalue weighted by Crippen LogP contribution is 2.35. The Kier molecular flexibility index (Phi) is 2.87. The van der Waals surface area contributed by atoms with Gasteiger partial charge in [-0.15, -0.1) is 0 Å². The van der Waals surface area contributed by atoms with Crippen LogP contribution in [0.25, 0.3) is 0 Å². The van der Waals surface area contributed by atoms with Crippen LogP contribution >= 0.6 is 0 Å². The average molecular weight is 193 g/mol. The quantitative estimate of drug-likeness (QED) is 0.794. The summed E-state index contributed by atoms with van der Waals surface area (Å²) in [6.07, 6.45) is 9.62. The fraction of sp³-hybridized carbons (Fsp3) is 0.727. The second-order valence-electron chi connectivity index (χ2n) is 4.26. The topological polar surface area (TPSA) is 29.9 Å². The lowest BCUT2D eigenvalue weighted by atomic mass is 9.94. The Morgan fingerprint density at radius 3 is 2.71 bits per heavy atom. The SMILES string of the molecule is CNC(c1cnn(C)c1)C1CCCC1. The van der Waals surface area contributed by atoms with Gasteiger partial charge in [0.2, 0.25) is 0 Å². The molecule has 0 radical (unpaired) electrons. The Morgan fingerprint density at radius 2 is 2.21 bits per heavy atom.